The zero-order chi connectivity index (χ0) is 15.4. The molecule has 6 nitrogen and oxygen atoms in total. The maximum Gasteiger partial charge on any atom is 0.257 e. The molecule has 1 saturated heterocycles. The number of furan rings is 1. The van der Waals surface area contributed by atoms with Gasteiger partial charge in [-0.25, -0.2) is 0 Å². The molecular formula is C16H18N2O4. The molecule has 1 aliphatic rings. The average molecular weight is 302 g/mol. The summed E-state index contributed by atoms with van der Waals surface area (Å²) in [4.78, 5) is 18.3. The second-order valence-corrected chi connectivity index (χ2v) is 5.22. The molecule has 0 saturated carbocycles. The van der Waals surface area contributed by atoms with Gasteiger partial charge in [0.2, 0.25) is 0 Å². The number of likely N-dealkylation sites (tertiary alicyclic amines) is 1. The van der Waals surface area contributed by atoms with Crippen molar-refractivity contribution in [3.8, 4) is 5.75 Å². The van der Waals surface area contributed by atoms with Gasteiger partial charge in [-0.1, -0.05) is 0 Å². The number of amides is 1. The Kier molecular flexibility index (Phi) is 4.39. The van der Waals surface area contributed by atoms with Gasteiger partial charge in [0.25, 0.3) is 5.91 Å². The Morgan fingerprint density at radius 2 is 2.41 bits per heavy atom. The van der Waals surface area contributed by atoms with Crippen molar-refractivity contribution in [2.24, 2.45) is 0 Å². The van der Waals surface area contributed by atoms with Crippen molar-refractivity contribution < 1.29 is 18.7 Å². The van der Waals surface area contributed by atoms with Crippen LogP contribution in [-0.2, 0) is 4.74 Å². The van der Waals surface area contributed by atoms with Gasteiger partial charge in [0, 0.05) is 19.9 Å². The zero-order valence-electron chi connectivity index (χ0n) is 12.3. The van der Waals surface area contributed by atoms with Crippen molar-refractivity contribution in [3.05, 3.63) is 48.7 Å². The molecule has 22 heavy (non-hydrogen) atoms. The number of pyridine rings is 1. The predicted molar refractivity (Wildman–Crippen MR) is 78.7 cm³/mol. The SMILES string of the molecule is CO[C@@H]1C[C@@H](COc2cccnc2)N(C(=O)c2ccoc2)C1. The van der Waals surface area contributed by atoms with Gasteiger partial charge in [-0.15, -0.1) is 0 Å². The molecule has 2 aromatic heterocycles. The van der Waals surface area contributed by atoms with Crippen LogP contribution in [0.4, 0.5) is 0 Å². The van der Waals surface area contributed by atoms with Crippen LogP contribution in [0.25, 0.3) is 0 Å². The second-order valence-electron chi connectivity index (χ2n) is 5.22. The molecule has 0 bridgehead atoms. The summed E-state index contributed by atoms with van der Waals surface area (Å²) in [7, 11) is 1.66. The van der Waals surface area contributed by atoms with Crippen molar-refractivity contribution in [2.45, 2.75) is 18.6 Å². The van der Waals surface area contributed by atoms with Crippen molar-refractivity contribution in [1.82, 2.24) is 9.88 Å². The minimum absolute atomic E-state index is 0.0262. The number of hydrogen-bond donors (Lipinski definition) is 0. The molecule has 0 spiro atoms. The Morgan fingerprint density at radius 1 is 1.50 bits per heavy atom. The van der Waals surface area contributed by atoms with Gasteiger partial charge in [-0.05, 0) is 24.6 Å². The van der Waals surface area contributed by atoms with E-state index < -0.39 is 0 Å². The van der Waals surface area contributed by atoms with E-state index in [9.17, 15) is 4.79 Å². The van der Waals surface area contributed by atoms with Crippen molar-refractivity contribution in [3.63, 3.8) is 0 Å². The molecule has 0 aliphatic carbocycles. The van der Waals surface area contributed by atoms with Gasteiger partial charge < -0.3 is 18.8 Å². The molecule has 1 amide bonds. The van der Waals surface area contributed by atoms with Crippen molar-refractivity contribution in [1.29, 1.82) is 0 Å². The summed E-state index contributed by atoms with van der Waals surface area (Å²) in [5.74, 6) is 0.632. The highest BCUT2D eigenvalue weighted by Crippen LogP contribution is 2.23. The van der Waals surface area contributed by atoms with E-state index in [0.717, 1.165) is 6.42 Å². The quantitative estimate of drug-likeness (QED) is 0.845. The lowest BCUT2D eigenvalue weighted by atomic mass is 10.2. The largest absolute Gasteiger partial charge is 0.490 e. The highest BCUT2D eigenvalue weighted by atomic mass is 16.5. The molecule has 0 aromatic carbocycles. The molecule has 0 unspecified atom stereocenters. The molecule has 3 rings (SSSR count). The summed E-state index contributed by atoms with van der Waals surface area (Å²) < 4.78 is 16.1. The molecular weight excluding hydrogens is 284 g/mol. The third-order valence-corrected chi connectivity index (χ3v) is 3.82. The Morgan fingerprint density at radius 3 is 3.09 bits per heavy atom. The maximum atomic E-state index is 12.5. The highest BCUT2D eigenvalue weighted by molar-refractivity contribution is 5.94. The van der Waals surface area contributed by atoms with Gasteiger partial charge in [-0.3, -0.25) is 9.78 Å². The minimum Gasteiger partial charge on any atom is -0.490 e. The van der Waals surface area contributed by atoms with Crippen LogP contribution >= 0.6 is 0 Å². The number of ether oxygens (including phenoxy) is 2. The Bertz CT molecular complexity index is 600. The van der Waals surface area contributed by atoms with Gasteiger partial charge in [0.1, 0.15) is 18.6 Å². The minimum atomic E-state index is -0.0620. The fraction of sp³-hybridized carbons (Fsp3) is 0.375. The van der Waals surface area contributed by atoms with Crippen LogP contribution in [0.5, 0.6) is 5.75 Å². The summed E-state index contributed by atoms with van der Waals surface area (Å²) in [5, 5.41) is 0. The number of rotatable bonds is 5. The molecule has 1 aliphatic heterocycles. The van der Waals surface area contributed by atoms with Crippen LogP contribution < -0.4 is 4.74 Å². The molecule has 2 aromatic rings. The highest BCUT2D eigenvalue weighted by Gasteiger charge is 2.36. The van der Waals surface area contributed by atoms with E-state index in [1.54, 1.807) is 30.5 Å². The fourth-order valence-corrected chi connectivity index (χ4v) is 2.63. The molecule has 0 radical (unpaired) electrons. The van der Waals surface area contributed by atoms with E-state index in [1.807, 2.05) is 12.1 Å². The summed E-state index contributed by atoms with van der Waals surface area (Å²) >= 11 is 0. The number of hydrogen-bond acceptors (Lipinski definition) is 5. The summed E-state index contributed by atoms with van der Waals surface area (Å²) in [6.07, 6.45) is 7.08. The van der Waals surface area contributed by atoms with Crippen LogP contribution in [-0.4, -0.2) is 48.2 Å². The Hall–Kier alpha value is -2.34. The van der Waals surface area contributed by atoms with Crippen LogP contribution in [0.2, 0.25) is 0 Å². The van der Waals surface area contributed by atoms with Gasteiger partial charge >= 0.3 is 0 Å². The van der Waals surface area contributed by atoms with Crippen molar-refractivity contribution >= 4 is 5.91 Å². The lowest BCUT2D eigenvalue weighted by molar-refractivity contribution is 0.0657. The first kappa shape index (κ1) is 14.6. The van der Waals surface area contributed by atoms with Gasteiger partial charge in [0.05, 0.1) is 30.2 Å². The van der Waals surface area contributed by atoms with E-state index in [4.69, 9.17) is 13.9 Å². The Balaban J connectivity index is 1.68. The van der Waals surface area contributed by atoms with Crippen LogP contribution in [0.1, 0.15) is 16.8 Å². The van der Waals surface area contributed by atoms with Crippen LogP contribution in [0, 0.1) is 0 Å². The van der Waals surface area contributed by atoms with E-state index in [1.165, 1.54) is 12.5 Å². The van der Waals surface area contributed by atoms with Crippen molar-refractivity contribution in [2.75, 3.05) is 20.3 Å². The lowest BCUT2D eigenvalue weighted by Crippen LogP contribution is -2.39. The Labute approximate surface area is 128 Å². The van der Waals surface area contributed by atoms with E-state index in [2.05, 4.69) is 4.98 Å². The third kappa shape index (κ3) is 3.12. The molecule has 2 atom stereocenters. The topological polar surface area (TPSA) is 64.8 Å². The van der Waals surface area contributed by atoms with E-state index in [-0.39, 0.29) is 18.1 Å². The number of nitrogens with zero attached hydrogens (tertiary/aromatic N) is 2. The molecule has 1 fully saturated rings. The standard InChI is InChI=1S/C16H18N2O4/c1-20-15-7-13(11-22-14-3-2-5-17-8-14)18(9-15)16(19)12-4-6-21-10-12/h2-6,8,10,13,15H,7,9,11H2,1H3/t13-,15+/m0/s1. The van der Waals surface area contributed by atoms with Gasteiger partial charge in [-0.2, -0.15) is 0 Å². The zero-order valence-corrected chi connectivity index (χ0v) is 12.3. The average Bonchev–Trinajstić information content (AvgIpc) is 3.23. The first-order chi connectivity index (χ1) is 10.8. The first-order valence-corrected chi connectivity index (χ1v) is 7.16. The van der Waals surface area contributed by atoms with Crippen LogP contribution in [0.3, 0.4) is 0 Å². The summed E-state index contributed by atoms with van der Waals surface area (Å²) in [6, 6.07) is 5.29. The molecule has 0 N–H and O–H groups in total. The molecule has 116 valence electrons. The number of carbonyl (C=O) groups is 1. The van der Waals surface area contributed by atoms with E-state index >= 15 is 0 Å². The maximum absolute atomic E-state index is 12.5. The summed E-state index contributed by atoms with van der Waals surface area (Å²) in [5.41, 5.74) is 0.545. The third-order valence-electron chi connectivity index (χ3n) is 3.82. The number of aromatic nitrogens is 1. The fourth-order valence-electron chi connectivity index (χ4n) is 2.63. The van der Waals surface area contributed by atoms with Crippen LogP contribution in [0.15, 0.2) is 47.5 Å². The normalized spacial score (nSPS) is 21.0. The smallest absolute Gasteiger partial charge is 0.257 e. The molecule has 3 heterocycles. The predicted octanol–water partition coefficient (Wildman–Crippen LogP) is 1.98. The number of carbonyl (C=O) groups excluding carboxylic acids is 1. The monoisotopic (exact) mass is 302 g/mol. The lowest BCUT2D eigenvalue weighted by Gasteiger charge is -2.23. The molecule has 6 heteroatoms. The van der Waals surface area contributed by atoms with E-state index in [0.29, 0.717) is 24.5 Å². The number of methoxy groups -OCH3 is 1. The second kappa shape index (κ2) is 6.62. The summed E-state index contributed by atoms with van der Waals surface area (Å²) in [6.45, 7) is 0.969. The first-order valence-electron chi connectivity index (χ1n) is 7.16. The van der Waals surface area contributed by atoms with Gasteiger partial charge in [0.15, 0.2) is 0 Å².